The van der Waals surface area contributed by atoms with Crippen molar-refractivity contribution in [2.24, 2.45) is 5.92 Å². The molecule has 4 nitrogen and oxygen atoms in total. The highest BCUT2D eigenvalue weighted by atomic mass is 16.4. The van der Waals surface area contributed by atoms with E-state index in [0.29, 0.717) is 17.7 Å². The van der Waals surface area contributed by atoms with Crippen molar-refractivity contribution >= 4 is 21.8 Å². The number of aryl methyl sites for hydroxylation is 2. The van der Waals surface area contributed by atoms with E-state index in [1.807, 2.05) is 30.3 Å². The second-order valence-corrected chi connectivity index (χ2v) is 16.6. The molecule has 0 N–H and O–H groups in total. The lowest BCUT2D eigenvalue weighted by molar-refractivity contribution is 0.584. The van der Waals surface area contributed by atoms with Crippen LogP contribution in [0, 0.1) is 5.92 Å². The molecule has 0 radical (unpaired) electrons. The molecule has 60 heavy (non-hydrogen) atoms. The molecule has 0 atom stereocenters. The molecule has 2 heterocycles. The molecule has 0 aliphatic carbocycles. The fourth-order valence-corrected chi connectivity index (χ4v) is 8.82. The smallest absolute Gasteiger partial charge is 0.248 e. The van der Waals surface area contributed by atoms with Crippen LogP contribution in [0.5, 0.6) is 0 Å². The lowest BCUT2D eigenvalue weighted by atomic mass is 9.85. The molecule has 0 aliphatic heterocycles. The number of aromatic nitrogens is 3. The maximum atomic E-state index is 6.09. The highest BCUT2D eigenvalue weighted by Crippen LogP contribution is 2.42. The molecule has 0 amide bonds. The topological polar surface area (TPSA) is 43.9 Å². The lowest BCUT2D eigenvalue weighted by Crippen LogP contribution is -2.00. The summed E-state index contributed by atoms with van der Waals surface area (Å²) in [5.74, 6) is 1.54. The molecule has 0 aliphatic rings. The average molecular weight is 784 g/mol. The quantitative estimate of drug-likeness (QED) is 0.110. The summed E-state index contributed by atoms with van der Waals surface area (Å²) in [6.45, 7) is 9.17. The van der Waals surface area contributed by atoms with Crippen LogP contribution in [0.1, 0.15) is 70.1 Å². The van der Waals surface area contributed by atoms with Crippen molar-refractivity contribution < 1.29 is 4.42 Å². The van der Waals surface area contributed by atoms with Gasteiger partial charge in [-0.2, -0.15) is 0 Å². The Kier molecular flexibility index (Phi) is 11.3. The number of hydrogen-bond acceptors (Lipinski definition) is 3. The molecule has 4 heteroatoms. The summed E-state index contributed by atoms with van der Waals surface area (Å²) in [4.78, 5) is 0. The van der Waals surface area contributed by atoms with Crippen LogP contribution in [-0.2, 0) is 19.3 Å². The summed E-state index contributed by atoms with van der Waals surface area (Å²) >= 11 is 0. The van der Waals surface area contributed by atoms with E-state index in [4.69, 9.17) is 4.42 Å². The highest BCUT2D eigenvalue weighted by molar-refractivity contribution is 6.10. The standard InChI is InChI=1S/C56H53N3O/c1-5-7-15-39-23-33-52-50(36-39)51-37-40(16-8-6-2)24-34-53(51)59(52)46-31-29-42(30-32-46)54-45(35-38(3)4)19-14-22-49(54)48-21-13-12-20-47(48)41-25-27-44(28-26-41)56-58-57-55(60-56)43-17-10-9-11-18-43/h9-14,17-34,36-38H,5-8,15-16,35H2,1-4H3. The van der Waals surface area contributed by atoms with Crippen molar-refractivity contribution in [1.82, 2.24) is 14.8 Å². The second kappa shape index (κ2) is 17.4. The third kappa shape index (κ3) is 7.82. The molecule has 0 saturated heterocycles. The summed E-state index contributed by atoms with van der Waals surface area (Å²) in [5, 5.41) is 11.4. The Labute approximate surface area is 354 Å². The number of hydrogen-bond donors (Lipinski definition) is 0. The van der Waals surface area contributed by atoms with Gasteiger partial charge in [0.25, 0.3) is 0 Å². The van der Waals surface area contributed by atoms with Crippen LogP contribution in [0.4, 0.5) is 0 Å². The first-order valence-electron chi connectivity index (χ1n) is 21.9. The van der Waals surface area contributed by atoms with Crippen LogP contribution in [0.15, 0.2) is 162 Å². The van der Waals surface area contributed by atoms with E-state index >= 15 is 0 Å². The summed E-state index contributed by atoms with van der Waals surface area (Å²) in [7, 11) is 0. The SMILES string of the molecule is CCCCc1ccc2c(c1)c1cc(CCCC)ccc1n2-c1ccc(-c2c(CC(C)C)cccc2-c2ccccc2-c2ccc(-c3nnc(-c4ccccc4)o3)cc2)cc1. The zero-order valence-corrected chi connectivity index (χ0v) is 35.3. The monoisotopic (exact) mass is 783 g/mol. The minimum atomic E-state index is 0.509. The molecule has 2 aromatic heterocycles. The first kappa shape index (κ1) is 39.0. The third-order valence-electron chi connectivity index (χ3n) is 11.8. The van der Waals surface area contributed by atoms with Crippen molar-refractivity contribution in [3.63, 3.8) is 0 Å². The van der Waals surface area contributed by atoms with Crippen LogP contribution in [0.2, 0.25) is 0 Å². The molecular weight excluding hydrogens is 731 g/mol. The zero-order valence-electron chi connectivity index (χ0n) is 35.3. The van der Waals surface area contributed by atoms with Crippen LogP contribution >= 0.6 is 0 Å². The molecule has 0 saturated carbocycles. The highest BCUT2D eigenvalue weighted by Gasteiger charge is 2.19. The molecule has 298 valence electrons. The molecule has 0 fully saturated rings. The van der Waals surface area contributed by atoms with Gasteiger partial charge >= 0.3 is 0 Å². The van der Waals surface area contributed by atoms with Gasteiger partial charge in [0.15, 0.2) is 0 Å². The minimum absolute atomic E-state index is 0.509. The Morgan fingerprint density at radius 3 is 1.63 bits per heavy atom. The number of fused-ring (bicyclic) bond motifs is 3. The second-order valence-electron chi connectivity index (χ2n) is 16.6. The van der Waals surface area contributed by atoms with E-state index in [9.17, 15) is 0 Å². The van der Waals surface area contributed by atoms with Crippen LogP contribution in [0.25, 0.3) is 83.8 Å². The molecule has 0 spiro atoms. The predicted molar refractivity (Wildman–Crippen MR) is 252 cm³/mol. The Morgan fingerprint density at radius 1 is 0.500 bits per heavy atom. The molecule has 9 aromatic rings. The molecule has 0 unspecified atom stereocenters. The molecule has 0 bridgehead atoms. The first-order chi connectivity index (χ1) is 29.5. The van der Waals surface area contributed by atoms with E-state index in [1.165, 1.54) is 97.7 Å². The van der Waals surface area contributed by atoms with Gasteiger partial charge in [0, 0.05) is 27.6 Å². The minimum Gasteiger partial charge on any atom is -0.416 e. The van der Waals surface area contributed by atoms with Crippen molar-refractivity contribution in [2.45, 2.75) is 72.6 Å². The van der Waals surface area contributed by atoms with Gasteiger partial charge in [0.1, 0.15) is 0 Å². The Bertz CT molecular complexity index is 2810. The van der Waals surface area contributed by atoms with Gasteiger partial charge in [-0.1, -0.05) is 138 Å². The fraction of sp³-hybridized carbons (Fsp3) is 0.214. The van der Waals surface area contributed by atoms with E-state index in [2.05, 4.69) is 170 Å². The van der Waals surface area contributed by atoms with Gasteiger partial charge in [0.05, 0.1) is 11.0 Å². The zero-order chi connectivity index (χ0) is 41.0. The number of rotatable bonds is 14. The van der Waals surface area contributed by atoms with Gasteiger partial charge in [-0.15, -0.1) is 10.2 Å². The Balaban J connectivity index is 1.10. The fourth-order valence-electron chi connectivity index (χ4n) is 8.82. The third-order valence-corrected chi connectivity index (χ3v) is 11.8. The summed E-state index contributed by atoms with van der Waals surface area (Å²) < 4.78 is 8.56. The van der Waals surface area contributed by atoms with Crippen LogP contribution < -0.4 is 0 Å². The van der Waals surface area contributed by atoms with E-state index in [-0.39, 0.29) is 0 Å². The van der Waals surface area contributed by atoms with Gasteiger partial charge in [0.2, 0.25) is 11.8 Å². The Morgan fingerprint density at radius 2 is 1.03 bits per heavy atom. The summed E-state index contributed by atoms with van der Waals surface area (Å²) in [6, 6.07) is 57.6. The van der Waals surface area contributed by atoms with Crippen molar-refractivity contribution in [3.8, 4) is 62.0 Å². The van der Waals surface area contributed by atoms with E-state index < -0.39 is 0 Å². The van der Waals surface area contributed by atoms with Gasteiger partial charge in [-0.05, 0) is 149 Å². The summed E-state index contributed by atoms with van der Waals surface area (Å²) in [6.07, 6.45) is 8.05. The van der Waals surface area contributed by atoms with Crippen LogP contribution in [0.3, 0.4) is 0 Å². The van der Waals surface area contributed by atoms with Gasteiger partial charge in [-0.3, -0.25) is 0 Å². The van der Waals surface area contributed by atoms with Crippen molar-refractivity contribution in [2.75, 3.05) is 0 Å². The maximum Gasteiger partial charge on any atom is 0.248 e. The van der Waals surface area contributed by atoms with Crippen molar-refractivity contribution in [1.29, 1.82) is 0 Å². The van der Waals surface area contributed by atoms with E-state index in [1.54, 1.807) is 0 Å². The Hall–Kier alpha value is -6.52. The van der Waals surface area contributed by atoms with Gasteiger partial charge < -0.3 is 8.98 Å². The summed E-state index contributed by atoms with van der Waals surface area (Å²) in [5.41, 5.74) is 17.0. The average Bonchev–Trinajstić information content (AvgIpc) is 3.91. The largest absolute Gasteiger partial charge is 0.416 e. The first-order valence-corrected chi connectivity index (χ1v) is 21.9. The van der Waals surface area contributed by atoms with Crippen LogP contribution in [-0.4, -0.2) is 14.8 Å². The number of nitrogens with zero attached hydrogens (tertiary/aromatic N) is 3. The number of unbranched alkanes of at least 4 members (excludes halogenated alkanes) is 2. The lowest BCUT2D eigenvalue weighted by Gasteiger charge is -2.20. The predicted octanol–water partition coefficient (Wildman–Crippen LogP) is 15.4. The van der Waals surface area contributed by atoms with E-state index in [0.717, 1.165) is 36.0 Å². The van der Waals surface area contributed by atoms with Crippen molar-refractivity contribution in [3.05, 3.63) is 174 Å². The maximum absolute atomic E-state index is 6.09. The molecular formula is C56H53N3O. The number of benzene rings is 7. The normalized spacial score (nSPS) is 11.6. The molecule has 9 rings (SSSR count). The molecule has 7 aromatic carbocycles. The van der Waals surface area contributed by atoms with Gasteiger partial charge in [-0.25, -0.2) is 0 Å².